The Morgan fingerprint density at radius 1 is 1.20 bits per heavy atom. The summed E-state index contributed by atoms with van der Waals surface area (Å²) in [5, 5.41) is 1.04. The van der Waals surface area contributed by atoms with Gasteiger partial charge in [-0.05, 0) is 13.6 Å². The molecule has 0 fully saturated rings. The van der Waals surface area contributed by atoms with Crippen LogP contribution in [0.3, 0.4) is 0 Å². The van der Waals surface area contributed by atoms with Crippen LogP contribution in [0, 0.1) is 6.92 Å². The Hall–Kier alpha value is -0.390. The third-order valence-electron chi connectivity index (χ3n) is 1.41. The van der Waals surface area contributed by atoms with E-state index in [4.69, 9.17) is 0 Å². The molecule has 1 aromatic rings. The maximum absolute atomic E-state index is 9.18. The van der Waals surface area contributed by atoms with Crippen molar-refractivity contribution in [1.82, 2.24) is 0 Å². The van der Waals surface area contributed by atoms with Crippen molar-refractivity contribution in [1.29, 1.82) is 0 Å². The van der Waals surface area contributed by atoms with E-state index in [9.17, 15) is 4.89 Å². The molecule has 1 N–H and O–H groups in total. The predicted molar refractivity (Wildman–Crippen MR) is 45.9 cm³/mol. The first-order valence-corrected chi connectivity index (χ1v) is 4.93. The maximum atomic E-state index is 9.18. The predicted octanol–water partition coefficient (Wildman–Crippen LogP) is 1.64. The molecule has 0 amide bonds. The Morgan fingerprint density at radius 3 is 2.10 bits per heavy atom. The van der Waals surface area contributed by atoms with E-state index in [-0.39, 0.29) is 0 Å². The molecule has 1 aromatic carbocycles. The lowest BCUT2D eigenvalue weighted by Crippen LogP contribution is -1.97. The number of hydrogen-bond donors (Lipinski definition) is 1. The second-order valence-corrected chi connectivity index (χ2v) is 3.92. The zero-order valence-electron chi connectivity index (χ0n) is 6.20. The molecule has 0 radical (unpaired) electrons. The zero-order valence-corrected chi connectivity index (χ0v) is 7.10. The van der Waals surface area contributed by atoms with E-state index in [1.807, 2.05) is 37.9 Å². The monoisotopic (exact) mass is 154 g/mol. The third-order valence-corrected chi connectivity index (χ3v) is 2.45. The van der Waals surface area contributed by atoms with Crippen molar-refractivity contribution in [2.24, 2.45) is 0 Å². The Morgan fingerprint density at radius 2 is 1.70 bits per heavy atom. The van der Waals surface area contributed by atoms with Gasteiger partial charge in [-0.25, -0.2) is 0 Å². The summed E-state index contributed by atoms with van der Waals surface area (Å²) >= 11 is 0. The molecule has 0 aliphatic heterocycles. The molecule has 0 saturated heterocycles. The maximum Gasteiger partial charge on any atom is 0.0531 e. The van der Waals surface area contributed by atoms with E-state index in [1.54, 1.807) is 0 Å². The summed E-state index contributed by atoms with van der Waals surface area (Å²) in [6.45, 7) is 3.87. The minimum Gasteiger partial charge on any atom is -0.369 e. The first-order valence-electron chi connectivity index (χ1n) is 3.19. The molecule has 10 heavy (non-hydrogen) atoms. The molecule has 1 unspecified atom stereocenters. The molecule has 0 bridgehead atoms. The summed E-state index contributed by atoms with van der Waals surface area (Å²) in [6.07, 6.45) is 0. The van der Waals surface area contributed by atoms with E-state index < -0.39 is 8.15 Å². The first kappa shape index (κ1) is 7.71. The molecule has 0 heterocycles. The van der Waals surface area contributed by atoms with Crippen LogP contribution < -0.4 is 5.30 Å². The molecule has 2 heteroatoms. The topological polar surface area (TPSA) is 20.2 Å². The summed E-state index contributed by atoms with van der Waals surface area (Å²) in [4.78, 5) is 9.18. The molecule has 1 atom stereocenters. The van der Waals surface area contributed by atoms with Crippen LogP contribution in [0.1, 0.15) is 5.56 Å². The van der Waals surface area contributed by atoms with Gasteiger partial charge in [0.2, 0.25) is 0 Å². The van der Waals surface area contributed by atoms with Gasteiger partial charge in [0, 0.05) is 5.30 Å². The van der Waals surface area contributed by atoms with Gasteiger partial charge in [-0.3, -0.25) is 0 Å². The Bertz CT molecular complexity index is 203. The number of hydrogen-bond acceptors (Lipinski definition) is 1. The van der Waals surface area contributed by atoms with E-state index in [1.165, 1.54) is 5.56 Å². The molecule has 0 spiro atoms. The van der Waals surface area contributed by atoms with Gasteiger partial charge in [-0.1, -0.05) is 29.8 Å². The number of aryl methyl sites for hydroxylation is 1. The lowest BCUT2D eigenvalue weighted by Gasteiger charge is -2.02. The fraction of sp³-hybridized carbons (Fsp3) is 0.250. The Labute approximate surface area is 62.5 Å². The van der Waals surface area contributed by atoms with Crippen molar-refractivity contribution in [3.63, 3.8) is 0 Å². The molecular weight excluding hydrogens is 143 g/mol. The van der Waals surface area contributed by atoms with Crippen molar-refractivity contribution in [3.8, 4) is 0 Å². The average molecular weight is 154 g/mol. The summed E-state index contributed by atoms with van der Waals surface area (Å²) < 4.78 is 0. The van der Waals surface area contributed by atoms with Gasteiger partial charge in [-0.2, -0.15) is 0 Å². The number of benzene rings is 1. The summed E-state index contributed by atoms with van der Waals surface area (Å²) in [7, 11) is -0.908. The molecule has 1 nitrogen and oxygen atoms in total. The molecule has 0 aromatic heterocycles. The normalized spacial score (nSPS) is 13.1. The lowest BCUT2D eigenvalue weighted by atomic mass is 10.2. The fourth-order valence-corrected chi connectivity index (χ4v) is 1.34. The van der Waals surface area contributed by atoms with Crippen LogP contribution in [-0.4, -0.2) is 11.6 Å². The summed E-state index contributed by atoms with van der Waals surface area (Å²) in [5.41, 5.74) is 1.24. The highest BCUT2D eigenvalue weighted by atomic mass is 31.1. The van der Waals surface area contributed by atoms with Crippen molar-refractivity contribution in [2.75, 3.05) is 6.66 Å². The van der Waals surface area contributed by atoms with Crippen LogP contribution in [0.2, 0.25) is 0 Å². The van der Waals surface area contributed by atoms with E-state index >= 15 is 0 Å². The van der Waals surface area contributed by atoms with Gasteiger partial charge in [0.05, 0.1) is 8.15 Å². The smallest absolute Gasteiger partial charge is 0.0531 e. The van der Waals surface area contributed by atoms with Crippen LogP contribution in [0.5, 0.6) is 0 Å². The molecule has 0 aliphatic rings. The minimum absolute atomic E-state index is 0.908. The van der Waals surface area contributed by atoms with Gasteiger partial charge in [0.1, 0.15) is 0 Å². The summed E-state index contributed by atoms with van der Waals surface area (Å²) in [6, 6.07) is 7.98. The highest BCUT2D eigenvalue weighted by molar-refractivity contribution is 7.59. The highest BCUT2D eigenvalue weighted by Crippen LogP contribution is 2.21. The average Bonchev–Trinajstić information content (AvgIpc) is 1.88. The van der Waals surface area contributed by atoms with Gasteiger partial charge in [-0.15, -0.1) is 0 Å². The number of rotatable bonds is 1. The highest BCUT2D eigenvalue weighted by Gasteiger charge is 1.97. The molecular formula is C8H11OP. The first-order chi connectivity index (χ1) is 4.70. The largest absolute Gasteiger partial charge is 0.369 e. The molecule has 54 valence electrons. The van der Waals surface area contributed by atoms with Gasteiger partial charge in [0.25, 0.3) is 0 Å². The fourth-order valence-electron chi connectivity index (χ4n) is 0.761. The molecule has 0 aliphatic carbocycles. The molecule has 1 rings (SSSR count). The van der Waals surface area contributed by atoms with Crippen LogP contribution >= 0.6 is 8.15 Å². The SMILES string of the molecule is Cc1ccc(P(C)O)cc1. The standard InChI is InChI=1S/C8H11OP/c1-7-3-5-8(6-4-7)10(2)9/h3-6,9H,1-2H3. The van der Waals surface area contributed by atoms with Crippen LogP contribution in [0.25, 0.3) is 0 Å². The Balaban J connectivity index is 2.89. The second kappa shape index (κ2) is 3.14. The minimum atomic E-state index is -0.908. The van der Waals surface area contributed by atoms with Crippen LogP contribution in [-0.2, 0) is 0 Å². The van der Waals surface area contributed by atoms with E-state index in [0.717, 1.165) is 5.30 Å². The summed E-state index contributed by atoms with van der Waals surface area (Å²) in [5.74, 6) is 0. The quantitative estimate of drug-likeness (QED) is 0.609. The van der Waals surface area contributed by atoms with E-state index in [2.05, 4.69) is 0 Å². The van der Waals surface area contributed by atoms with Crippen LogP contribution in [0.4, 0.5) is 0 Å². The van der Waals surface area contributed by atoms with Crippen molar-refractivity contribution in [2.45, 2.75) is 6.92 Å². The van der Waals surface area contributed by atoms with Crippen molar-refractivity contribution < 1.29 is 4.89 Å². The van der Waals surface area contributed by atoms with Crippen molar-refractivity contribution >= 4 is 13.5 Å². The Kier molecular flexibility index (Phi) is 2.42. The van der Waals surface area contributed by atoms with Crippen LogP contribution in [0.15, 0.2) is 24.3 Å². The van der Waals surface area contributed by atoms with E-state index in [0.29, 0.717) is 0 Å². The third kappa shape index (κ3) is 1.80. The van der Waals surface area contributed by atoms with Gasteiger partial charge >= 0.3 is 0 Å². The zero-order chi connectivity index (χ0) is 7.56. The second-order valence-electron chi connectivity index (χ2n) is 2.36. The van der Waals surface area contributed by atoms with Gasteiger partial charge in [0.15, 0.2) is 0 Å². The van der Waals surface area contributed by atoms with Gasteiger partial charge < -0.3 is 4.89 Å². The molecule has 0 saturated carbocycles. The van der Waals surface area contributed by atoms with Crippen molar-refractivity contribution in [3.05, 3.63) is 29.8 Å². The lowest BCUT2D eigenvalue weighted by molar-refractivity contribution is 0.641.